The molecule has 0 amide bonds. The van der Waals surface area contributed by atoms with Gasteiger partial charge in [0.2, 0.25) is 0 Å². The highest BCUT2D eigenvalue weighted by molar-refractivity contribution is 9.10. The summed E-state index contributed by atoms with van der Waals surface area (Å²) in [6.45, 7) is 2.50. The third kappa shape index (κ3) is 1.97. The zero-order valence-electron chi connectivity index (χ0n) is 8.90. The average Bonchev–Trinajstić information content (AvgIpc) is 2.52. The molecule has 3 nitrogen and oxygen atoms in total. The minimum Gasteiger partial charge on any atom is -0.481 e. The number of aliphatic carboxylic acids is 1. The quantitative estimate of drug-likeness (QED) is 0.939. The fourth-order valence-corrected chi connectivity index (χ4v) is 2.50. The van der Waals surface area contributed by atoms with Crippen LogP contribution in [0.25, 0.3) is 10.9 Å². The van der Waals surface area contributed by atoms with E-state index in [-0.39, 0.29) is 6.42 Å². The lowest BCUT2D eigenvalue weighted by Gasteiger charge is -2.07. The fraction of sp³-hybridized carbons (Fsp3) is 0.250. The number of para-hydroxylation sites is 1. The number of hydrogen-bond donors (Lipinski definition) is 1. The second-order valence-electron chi connectivity index (χ2n) is 3.76. The summed E-state index contributed by atoms with van der Waals surface area (Å²) in [5.41, 5.74) is 2.16. The highest BCUT2D eigenvalue weighted by Gasteiger charge is 2.09. The topological polar surface area (TPSA) is 42.2 Å². The average molecular weight is 282 g/mol. The smallest absolute Gasteiger partial charge is 0.305 e. The Labute approximate surface area is 102 Å². The Kier molecular flexibility index (Phi) is 3.01. The van der Waals surface area contributed by atoms with Crippen molar-refractivity contribution in [3.63, 3.8) is 0 Å². The van der Waals surface area contributed by atoms with Crippen LogP contribution in [0.3, 0.4) is 0 Å². The van der Waals surface area contributed by atoms with Gasteiger partial charge in [0.1, 0.15) is 0 Å². The molecule has 1 heterocycles. The highest BCUT2D eigenvalue weighted by Crippen LogP contribution is 2.27. The number of hydrogen-bond acceptors (Lipinski definition) is 1. The molecule has 2 rings (SSSR count). The molecule has 1 aromatic carbocycles. The molecule has 0 fully saturated rings. The van der Waals surface area contributed by atoms with E-state index >= 15 is 0 Å². The lowest BCUT2D eigenvalue weighted by Crippen LogP contribution is -2.05. The maximum absolute atomic E-state index is 10.6. The van der Waals surface area contributed by atoms with Crippen LogP contribution in [-0.2, 0) is 11.3 Å². The number of aryl methyl sites for hydroxylation is 2. The molecular formula is C12H12BrNO2. The maximum Gasteiger partial charge on any atom is 0.305 e. The zero-order chi connectivity index (χ0) is 11.7. The minimum absolute atomic E-state index is 0.145. The summed E-state index contributed by atoms with van der Waals surface area (Å²) in [4.78, 5) is 10.6. The van der Waals surface area contributed by atoms with Gasteiger partial charge in [0, 0.05) is 22.1 Å². The van der Waals surface area contributed by atoms with Crippen LogP contribution in [0, 0.1) is 6.92 Å². The molecule has 0 aliphatic carbocycles. The number of nitrogens with zero attached hydrogens (tertiary/aromatic N) is 1. The van der Waals surface area contributed by atoms with Gasteiger partial charge >= 0.3 is 5.97 Å². The maximum atomic E-state index is 10.6. The molecule has 0 aliphatic rings. The summed E-state index contributed by atoms with van der Waals surface area (Å²) in [6.07, 6.45) is 0.145. The third-order valence-electron chi connectivity index (χ3n) is 2.63. The first kappa shape index (κ1) is 11.2. The number of carbonyl (C=O) groups is 1. The second kappa shape index (κ2) is 4.29. The van der Waals surface area contributed by atoms with Gasteiger partial charge in [-0.3, -0.25) is 4.79 Å². The van der Waals surface area contributed by atoms with Crippen molar-refractivity contribution in [2.75, 3.05) is 0 Å². The lowest BCUT2D eigenvalue weighted by atomic mass is 10.2. The summed E-state index contributed by atoms with van der Waals surface area (Å²) < 4.78 is 3.04. The molecular weight excluding hydrogens is 270 g/mol. The normalized spacial score (nSPS) is 10.9. The van der Waals surface area contributed by atoms with Crippen molar-refractivity contribution in [1.82, 2.24) is 4.57 Å². The molecule has 0 saturated heterocycles. The molecule has 0 aliphatic heterocycles. The predicted octanol–water partition coefficient (Wildman–Crippen LogP) is 3.19. The molecule has 84 valence electrons. The van der Waals surface area contributed by atoms with E-state index in [0.717, 1.165) is 21.1 Å². The number of benzene rings is 1. The summed E-state index contributed by atoms with van der Waals surface area (Å²) >= 11 is 3.50. The Hall–Kier alpha value is -1.29. The van der Waals surface area contributed by atoms with Crippen LogP contribution in [-0.4, -0.2) is 15.6 Å². The van der Waals surface area contributed by atoms with Crippen molar-refractivity contribution in [3.8, 4) is 0 Å². The van der Waals surface area contributed by atoms with Crippen LogP contribution >= 0.6 is 15.9 Å². The van der Waals surface area contributed by atoms with Gasteiger partial charge in [-0.15, -0.1) is 0 Å². The third-order valence-corrected chi connectivity index (χ3v) is 3.27. The molecule has 0 saturated carbocycles. The van der Waals surface area contributed by atoms with E-state index < -0.39 is 5.97 Å². The van der Waals surface area contributed by atoms with Gasteiger partial charge in [-0.05, 0) is 35.0 Å². The first-order valence-corrected chi connectivity index (χ1v) is 5.85. The standard InChI is InChI=1S/C12H12BrNO2/c1-8-7-9-3-2-4-10(13)12(9)14(8)6-5-11(15)16/h2-4,7H,5-6H2,1H3,(H,15,16). The Morgan fingerprint density at radius 1 is 1.50 bits per heavy atom. The monoisotopic (exact) mass is 281 g/mol. The van der Waals surface area contributed by atoms with E-state index in [4.69, 9.17) is 5.11 Å². The largest absolute Gasteiger partial charge is 0.481 e. The van der Waals surface area contributed by atoms with Crippen LogP contribution < -0.4 is 0 Å². The molecule has 0 radical (unpaired) electrons. The van der Waals surface area contributed by atoms with Gasteiger partial charge in [-0.2, -0.15) is 0 Å². The van der Waals surface area contributed by atoms with Crippen LogP contribution in [0.5, 0.6) is 0 Å². The molecule has 2 aromatic rings. The molecule has 1 aromatic heterocycles. The Morgan fingerprint density at radius 2 is 2.25 bits per heavy atom. The molecule has 4 heteroatoms. The van der Waals surface area contributed by atoms with Gasteiger partial charge in [0.05, 0.1) is 11.9 Å². The van der Waals surface area contributed by atoms with Gasteiger partial charge < -0.3 is 9.67 Å². The number of fused-ring (bicyclic) bond motifs is 1. The molecule has 0 unspecified atom stereocenters. The summed E-state index contributed by atoms with van der Waals surface area (Å²) in [6, 6.07) is 8.05. The van der Waals surface area contributed by atoms with E-state index in [0.29, 0.717) is 6.54 Å². The van der Waals surface area contributed by atoms with Crippen molar-refractivity contribution < 1.29 is 9.90 Å². The van der Waals surface area contributed by atoms with E-state index in [1.54, 1.807) is 0 Å². The van der Waals surface area contributed by atoms with Crippen molar-refractivity contribution in [3.05, 3.63) is 34.4 Å². The van der Waals surface area contributed by atoms with Gasteiger partial charge in [-0.1, -0.05) is 12.1 Å². The van der Waals surface area contributed by atoms with Crippen molar-refractivity contribution in [1.29, 1.82) is 0 Å². The molecule has 0 atom stereocenters. The van der Waals surface area contributed by atoms with Gasteiger partial charge in [-0.25, -0.2) is 0 Å². The molecule has 0 bridgehead atoms. The van der Waals surface area contributed by atoms with E-state index in [2.05, 4.69) is 22.0 Å². The van der Waals surface area contributed by atoms with Crippen LogP contribution in [0.1, 0.15) is 12.1 Å². The number of rotatable bonds is 3. The summed E-state index contributed by atoms with van der Waals surface area (Å²) in [7, 11) is 0. The minimum atomic E-state index is -0.770. The zero-order valence-corrected chi connectivity index (χ0v) is 10.5. The summed E-state index contributed by atoms with van der Waals surface area (Å²) in [5, 5.41) is 9.86. The Morgan fingerprint density at radius 3 is 2.94 bits per heavy atom. The summed E-state index contributed by atoms with van der Waals surface area (Å²) in [5.74, 6) is -0.770. The molecule has 1 N–H and O–H groups in total. The van der Waals surface area contributed by atoms with Crippen molar-refractivity contribution in [2.24, 2.45) is 0 Å². The van der Waals surface area contributed by atoms with E-state index in [1.165, 1.54) is 0 Å². The van der Waals surface area contributed by atoms with E-state index in [9.17, 15) is 4.79 Å². The molecule has 0 spiro atoms. The highest BCUT2D eigenvalue weighted by atomic mass is 79.9. The van der Waals surface area contributed by atoms with Gasteiger partial charge in [0.25, 0.3) is 0 Å². The van der Waals surface area contributed by atoms with Crippen LogP contribution in [0.2, 0.25) is 0 Å². The number of aromatic nitrogens is 1. The number of halogens is 1. The van der Waals surface area contributed by atoms with Gasteiger partial charge in [0.15, 0.2) is 0 Å². The Balaban J connectivity index is 2.50. The van der Waals surface area contributed by atoms with Crippen molar-refractivity contribution >= 4 is 32.8 Å². The van der Waals surface area contributed by atoms with Crippen LogP contribution in [0.4, 0.5) is 0 Å². The van der Waals surface area contributed by atoms with Crippen LogP contribution in [0.15, 0.2) is 28.7 Å². The SMILES string of the molecule is Cc1cc2cccc(Br)c2n1CCC(=O)O. The van der Waals surface area contributed by atoms with E-state index in [1.807, 2.05) is 29.7 Å². The molecule has 16 heavy (non-hydrogen) atoms. The predicted molar refractivity (Wildman–Crippen MR) is 66.6 cm³/mol. The first-order chi connectivity index (χ1) is 7.59. The Bertz CT molecular complexity index is 545. The fourth-order valence-electron chi connectivity index (χ4n) is 1.91. The lowest BCUT2D eigenvalue weighted by molar-refractivity contribution is -0.137. The number of carboxylic acid groups (broad SMARTS) is 1. The first-order valence-electron chi connectivity index (χ1n) is 5.06. The number of carboxylic acids is 1. The second-order valence-corrected chi connectivity index (χ2v) is 4.61. The van der Waals surface area contributed by atoms with Crippen molar-refractivity contribution in [2.45, 2.75) is 19.9 Å².